The van der Waals surface area contributed by atoms with Gasteiger partial charge in [0.05, 0.1) is 18.9 Å². The lowest BCUT2D eigenvalue weighted by atomic mass is 9.97. The summed E-state index contributed by atoms with van der Waals surface area (Å²) in [6.45, 7) is 4.32. The zero-order valence-corrected chi connectivity index (χ0v) is 17.7. The van der Waals surface area contributed by atoms with Crippen LogP contribution in [0.1, 0.15) is 31.9 Å². The van der Waals surface area contributed by atoms with E-state index in [1.807, 2.05) is 42.5 Å². The van der Waals surface area contributed by atoms with E-state index in [1.54, 1.807) is 7.11 Å². The summed E-state index contributed by atoms with van der Waals surface area (Å²) < 4.78 is 5.17. The molecule has 0 fully saturated rings. The molecule has 0 saturated carbocycles. The van der Waals surface area contributed by atoms with Gasteiger partial charge in [0, 0.05) is 5.56 Å². The molecular weight excluding hydrogens is 384 g/mol. The molecule has 1 aromatic heterocycles. The SMILES string of the molecule is COc1ccc(-c2nc(SCC(=O)NC(CC(C)C)c3ccccc3)n[nH]2)cc1. The highest BCUT2D eigenvalue weighted by Gasteiger charge is 2.17. The van der Waals surface area contributed by atoms with Gasteiger partial charge in [0.25, 0.3) is 0 Å². The van der Waals surface area contributed by atoms with Gasteiger partial charge in [0.15, 0.2) is 5.82 Å². The maximum absolute atomic E-state index is 12.5. The van der Waals surface area contributed by atoms with Crippen LogP contribution in [0.15, 0.2) is 59.8 Å². The average Bonchev–Trinajstić information content (AvgIpc) is 3.21. The second-order valence-electron chi connectivity index (χ2n) is 7.14. The molecule has 6 nitrogen and oxygen atoms in total. The van der Waals surface area contributed by atoms with Crippen molar-refractivity contribution < 1.29 is 9.53 Å². The van der Waals surface area contributed by atoms with Crippen molar-refractivity contribution in [2.45, 2.75) is 31.5 Å². The summed E-state index contributed by atoms with van der Waals surface area (Å²) in [5.41, 5.74) is 2.04. The fraction of sp³-hybridized carbons (Fsp3) is 0.318. The fourth-order valence-corrected chi connectivity index (χ4v) is 3.60. The number of nitrogens with one attached hydrogen (secondary N) is 2. The van der Waals surface area contributed by atoms with E-state index in [2.05, 4.69) is 46.5 Å². The maximum Gasteiger partial charge on any atom is 0.230 e. The third-order valence-electron chi connectivity index (χ3n) is 4.40. The Balaban J connectivity index is 1.57. The van der Waals surface area contributed by atoms with Gasteiger partial charge in [-0.15, -0.1) is 5.10 Å². The molecule has 0 aliphatic carbocycles. The molecule has 0 aliphatic heterocycles. The normalized spacial score (nSPS) is 12.0. The van der Waals surface area contributed by atoms with E-state index in [9.17, 15) is 4.79 Å². The summed E-state index contributed by atoms with van der Waals surface area (Å²) >= 11 is 1.32. The molecule has 0 radical (unpaired) electrons. The van der Waals surface area contributed by atoms with E-state index in [4.69, 9.17) is 4.74 Å². The largest absolute Gasteiger partial charge is 0.497 e. The van der Waals surface area contributed by atoms with Crippen molar-refractivity contribution in [3.05, 3.63) is 60.2 Å². The fourth-order valence-electron chi connectivity index (χ4n) is 2.99. The number of rotatable bonds is 9. The van der Waals surface area contributed by atoms with Gasteiger partial charge in [-0.2, -0.15) is 0 Å². The number of carbonyl (C=O) groups excluding carboxylic acids is 1. The second kappa shape index (κ2) is 10.1. The lowest BCUT2D eigenvalue weighted by molar-refractivity contribution is -0.119. The number of hydrogen-bond acceptors (Lipinski definition) is 5. The van der Waals surface area contributed by atoms with Crippen molar-refractivity contribution in [1.29, 1.82) is 0 Å². The molecule has 3 rings (SSSR count). The van der Waals surface area contributed by atoms with Crippen molar-refractivity contribution in [3.63, 3.8) is 0 Å². The lowest BCUT2D eigenvalue weighted by Crippen LogP contribution is -2.30. The van der Waals surface area contributed by atoms with Crippen LogP contribution in [0.4, 0.5) is 0 Å². The van der Waals surface area contributed by atoms with Crippen LogP contribution in [-0.2, 0) is 4.79 Å². The van der Waals surface area contributed by atoms with E-state index in [0.29, 0.717) is 16.9 Å². The predicted molar refractivity (Wildman–Crippen MR) is 116 cm³/mol. The molecule has 0 bridgehead atoms. The molecule has 1 amide bonds. The molecule has 3 aromatic rings. The monoisotopic (exact) mass is 410 g/mol. The van der Waals surface area contributed by atoms with Crippen molar-refractivity contribution >= 4 is 17.7 Å². The Bertz CT molecular complexity index is 910. The molecule has 0 aliphatic rings. The number of aromatic nitrogens is 3. The van der Waals surface area contributed by atoms with Crippen LogP contribution in [0.2, 0.25) is 0 Å². The topological polar surface area (TPSA) is 79.9 Å². The van der Waals surface area contributed by atoms with E-state index in [-0.39, 0.29) is 17.7 Å². The zero-order valence-electron chi connectivity index (χ0n) is 16.9. The van der Waals surface area contributed by atoms with E-state index in [1.165, 1.54) is 11.8 Å². The molecule has 7 heteroatoms. The van der Waals surface area contributed by atoms with Gasteiger partial charge in [-0.05, 0) is 42.2 Å². The van der Waals surface area contributed by atoms with Crippen molar-refractivity contribution in [2.75, 3.05) is 12.9 Å². The number of nitrogens with zero attached hydrogens (tertiary/aromatic N) is 2. The number of amides is 1. The van der Waals surface area contributed by atoms with Crippen molar-refractivity contribution in [2.24, 2.45) is 5.92 Å². The van der Waals surface area contributed by atoms with Gasteiger partial charge in [0.2, 0.25) is 11.1 Å². The molecule has 0 spiro atoms. The van der Waals surface area contributed by atoms with Gasteiger partial charge in [-0.25, -0.2) is 4.98 Å². The molecule has 2 N–H and O–H groups in total. The van der Waals surface area contributed by atoms with Gasteiger partial charge < -0.3 is 10.1 Å². The molecule has 29 heavy (non-hydrogen) atoms. The summed E-state index contributed by atoms with van der Waals surface area (Å²) in [6.07, 6.45) is 0.892. The number of aromatic amines is 1. The third-order valence-corrected chi connectivity index (χ3v) is 5.25. The lowest BCUT2D eigenvalue weighted by Gasteiger charge is -2.21. The number of ether oxygens (including phenoxy) is 1. The molecule has 2 aromatic carbocycles. The highest BCUT2D eigenvalue weighted by molar-refractivity contribution is 7.99. The summed E-state index contributed by atoms with van der Waals surface area (Å²) in [5, 5.41) is 10.8. The predicted octanol–water partition coefficient (Wildman–Crippen LogP) is 4.48. The van der Waals surface area contributed by atoms with Crippen molar-refractivity contribution in [1.82, 2.24) is 20.5 Å². The van der Waals surface area contributed by atoms with Crippen LogP contribution in [0.3, 0.4) is 0 Å². The number of hydrogen-bond donors (Lipinski definition) is 2. The maximum atomic E-state index is 12.5. The van der Waals surface area contributed by atoms with Crippen LogP contribution in [-0.4, -0.2) is 34.0 Å². The quantitative estimate of drug-likeness (QED) is 0.509. The molecule has 1 atom stereocenters. The second-order valence-corrected chi connectivity index (χ2v) is 8.09. The Morgan fingerprint density at radius 3 is 2.52 bits per heavy atom. The zero-order chi connectivity index (χ0) is 20.6. The van der Waals surface area contributed by atoms with Crippen LogP contribution in [0, 0.1) is 5.92 Å². The number of H-pyrrole nitrogens is 1. The number of methoxy groups -OCH3 is 1. The number of thioether (sulfide) groups is 1. The summed E-state index contributed by atoms with van der Waals surface area (Å²) in [6, 6.07) is 17.7. The molecule has 152 valence electrons. The minimum Gasteiger partial charge on any atom is -0.497 e. The Kier molecular flexibility index (Phi) is 7.30. The van der Waals surface area contributed by atoms with Crippen LogP contribution < -0.4 is 10.1 Å². The van der Waals surface area contributed by atoms with Gasteiger partial charge in [-0.1, -0.05) is 55.9 Å². The molecule has 0 saturated heterocycles. The Hall–Kier alpha value is -2.80. The number of carbonyl (C=O) groups is 1. The summed E-state index contributed by atoms with van der Waals surface area (Å²) in [4.78, 5) is 17.0. The molecular formula is C22H26N4O2S. The highest BCUT2D eigenvalue weighted by Crippen LogP contribution is 2.23. The summed E-state index contributed by atoms with van der Waals surface area (Å²) in [7, 11) is 1.63. The standard InChI is InChI=1S/C22H26N4O2S/c1-15(2)13-19(16-7-5-4-6-8-16)23-20(27)14-29-22-24-21(25-26-22)17-9-11-18(28-3)12-10-17/h4-12,15,19H,13-14H2,1-3H3,(H,23,27)(H,24,25,26). The minimum atomic E-state index is -0.0275. The van der Waals surface area contributed by atoms with Crippen LogP contribution in [0.5, 0.6) is 5.75 Å². The Labute approximate surface area is 175 Å². The van der Waals surface area contributed by atoms with E-state index in [0.717, 1.165) is 23.3 Å². The first-order valence-corrected chi connectivity index (χ1v) is 10.6. The van der Waals surface area contributed by atoms with Gasteiger partial charge in [0.1, 0.15) is 5.75 Å². The first kappa shape index (κ1) is 20.9. The molecule has 1 unspecified atom stereocenters. The Morgan fingerprint density at radius 1 is 1.14 bits per heavy atom. The summed E-state index contributed by atoms with van der Waals surface area (Å²) in [5.74, 6) is 2.17. The minimum absolute atomic E-state index is 0.00584. The third kappa shape index (κ3) is 6.09. The van der Waals surface area contributed by atoms with E-state index >= 15 is 0 Å². The number of benzene rings is 2. The first-order chi connectivity index (χ1) is 14.0. The van der Waals surface area contributed by atoms with Crippen LogP contribution >= 0.6 is 11.8 Å². The highest BCUT2D eigenvalue weighted by atomic mass is 32.2. The molecule has 1 heterocycles. The average molecular weight is 411 g/mol. The smallest absolute Gasteiger partial charge is 0.230 e. The van der Waals surface area contributed by atoms with Gasteiger partial charge in [-0.3, -0.25) is 9.89 Å². The van der Waals surface area contributed by atoms with Crippen LogP contribution in [0.25, 0.3) is 11.4 Å². The van der Waals surface area contributed by atoms with E-state index < -0.39 is 0 Å². The Morgan fingerprint density at radius 2 is 1.86 bits per heavy atom. The van der Waals surface area contributed by atoms with Crippen molar-refractivity contribution in [3.8, 4) is 17.1 Å². The van der Waals surface area contributed by atoms with Gasteiger partial charge >= 0.3 is 0 Å². The first-order valence-electron chi connectivity index (χ1n) is 9.59.